The second-order valence-corrected chi connectivity index (χ2v) is 7.32. The minimum absolute atomic E-state index is 0.374. The Hall–Kier alpha value is -3.06. The molecule has 2 amide bonds. The largest absolute Gasteiger partial charge is 0.493 e. The van der Waals surface area contributed by atoms with E-state index in [9.17, 15) is 9.59 Å². The molecule has 0 saturated carbocycles. The zero-order chi connectivity index (χ0) is 22.6. The summed E-state index contributed by atoms with van der Waals surface area (Å²) in [6.07, 6.45) is 4.20. The molecule has 2 rings (SSSR count). The fourth-order valence-corrected chi connectivity index (χ4v) is 2.89. The lowest BCUT2D eigenvalue weighted by Crippen LogP contribution is -2.24. The number of benzene rings is 2. The number of hydrogen-bond donors (Lipinski definition) is 2. The molecule has 0 spiro atoms. The maximum Gasteiger partial charge on any atom is 0.249 e. The summed E-state index contributed by atoms with van der Waals surface area (Å²) in [5, 5.41) is 7.12. The molecule has 8 heteroatoms. The number of ether oxygens (including phenoxy) is 2. The van der Waals surface area contributed by atoms with Crippen molar-refractivity contribution in [1.29, 1.82) is 0 Å². The summed E-state index contributed by atoms with van der Waals surface area (Å²) in [6.45, 7) is 4.55. The first kappa shape index (κ1) is 24.2. The van der Waals surface area contributed by atoms with E-state index in [1.54, 1.807) is 43.5 Å². The first-order valence-corrected chi connectivity index (χ1v) is 10.5. The number of hydrazone groups is 1. The second kappa shape index (κ2) is 12.6. The van der Waals surface area contributed by atoms with Crippen molar-refractivity contribution >= 4 is 35.3 Å². The van der Waals surface area contributed by atoms with Crippen molar-refractivity contribution in [3.63, 3.8) is 0 Å². The van der Waals surface area contributed by atoms with E-state index in [0.29, 0.717) is 34.4 Å². The fraction of sp³-hybridized carbons (Fsp3) is 0.348. The Kier molecular flexibility index (Phi) is 9.84. The summed E-state index contributed by atoms with van der Waals surface area (Å²) < 4.78 is 11.2. The third kappa shape index (κ3) is 7.94. The number of carbonyl (C=O) groups excluding carboxylic acids is 2. The van der Waals surface area contributed by atoms with Crippen LogP contribution in [0.3, 0.4) is 0 Å². The van der Waals surface area contributed by atoms with Crippen LogP contribution in [0.5, 0.6) is 11.5 Å². The highest BCUT2D eigenvalue weighted by Crippen LogP contribution is 2.30. The van der Waals surface area contributed by atoms with Gasteiger partial charge < -0.3 is 14.8 Å². The lowest BCUT2D eigenvalue weighted by molar-refractivity contribution is -0.126. The van der Waals surface area contributed by atoms with Crippen LogP contribution in [-0.4, -0.2) is 31.7 Å². The number of hydrogen-bond acceptors (Lipinski definition) is 5. The molecule has 0 aliphatic rings. The SMILES string of the molecule is CCCCCOc1c(C=NNC(=O)CC(=O)Nc2ccc(C)c(Cl)c2)cccc1OC. The second-order valence-electron chi connectivity index (χ2n) is 6.92. The van der Waals surface area contributed by atoms with Gasteiger partial charge in [-0.2, -0.15) is 5.10 Å². The Bertz CT molecular complexity index is 931. The predicted molar refractivity (Wildman–Crippen MR) is 123 cm³/mol. The van der Waals surface area contributed by atoms with Gasteiger partial charge in [0.2, 0.25) is 11.8 Å². The lowest BCUT2D eigenvalue weighted by Gasteiger charge is -2.13. The molecule has 0 aliphatic carbocycles. The van der Waals surface area contributed by atoms with Crippen molar-refractivity contribution in [3.05, 3.63) is 52.5 Å². The Morgan fingerprint density at radius 3 is 2.68 bits per heavy atom. The van der Waals surface area contributed by atoms with Gasteiger partial charge in [-0.25, -0.2) is 5.43 Å². The van der Waals surface area contributed by atoms with Gasteiger partial charge in [-0.3, -0.25) is 9.59 Å². The average Bonchev–Trinajstić information content (AvgIpc) is 2.74. The summed E-state index contributed by atoms with van der Waals surface area (Å²) in [7, 11) is 1.57. The molecule has 0 fully saturated rings. The molecule has 0 aromatic heterocycles. The third-order valence-electron chi connectivity index (χ3n) is 4.39. The normalized spacial score (nSPS) is 10.7. The molecule has 0 unspecified atom stereocenters. The van der Waals surface area contributed by atoms with Gasteiger partial charge in [-0.05, 0) is 43.2 Å². The van der Waals surface area contributed by atoms with E-state index in [-0.39, 0.29) is 6.42 Å². The molecule has 0 heterocycles. The highest BCUT2D eigenvalue weighted by atomic mass is 35.5. The Morgan fingerprint density at radius 1 is 1.16 bits per heavy atom. The number of anilines is 1. The van der Waals surface area contributed by atoms with Gasteiger partial charge in [0.25, 0.3) is 0 Å². The predicted octanol–water partition coefficient (Wildman–Crippen LogP) is 4.70. The van der Waals surface area contributed by atoms with E-state index in [2.05, 4.69) is 22.8 Å². The number of aryl methyl sites for hydroxylation is 1. The average molecular weight is 446 g/mol. The zero-order valence-corrected chi connectivity index (χ0v) is 18.8. The molecular weight excluding hydrogens is 418 g/mol. The van der Waals surface area contributed by atoms with Crippen molar-refractivity contribution in [2.45, 2.75) is 39.5 Å². The van der Waals surface area contributed by atoms with Crippen LogP contribution in [0.1, 0.15) is 43.7 Å². The van der Waals surface area contributed by atoms with Gasteiger partial charge >= 0.3 is 0 Å². The Balaban J connectivity index is 1.92. The number of unbranched alkanes of at least 4 members (excludes halogenated alkanes) is 2. The summed E-state index contributed by atoms with van der Waals surface area (Å²) in [4.78, 5) is 24.1. The van der Waals surface area contributed by atoms with Gasteiger partial charge in [0, 0.05) is 16.3 Å². The smallest absolute Gasteiger partial charge is 0.249 e. The summed E-state index contributed by atoms with van der Waals surface area (Å²) in [6, 6.07) is 10.6. The van der Waals surface area contributed by atoms with Crippen molar-refractivity contribution in [2.75, 3.05) is 19.0 Å². The molecule has 166 valence electrons. The molecule has 0 radical (unpaired) electrons. The topological polar surface area (TPSA) is 89.0 Å². The molecule has 31 heavy (non-hydrogen) atoms. The standard InChI is InChI=1S/C23H28ClN3O4/c1-4-5-6-12-31-23-17(8-7-9-20(23)30-3)15-25-27-22(29)14-21(28)26-18-11-10-16(2)19(24)13-18/h7-11,13,15H,4-6,12,14H2,1-3H3,(H,26,28)(H,27,29). The van der Waals surface area contributed by atoms with E-state index >= 15 is 0 Å². The third-order valence-corrected chi connectivity index (χ3v) is 4.80. The highest BCUT2D eigenvalue weighted by molar-refractivity contribution is 6.31. The van der Waals surface area contributed by atoms with Crippen LogP contribution < -0.4 is 20.2 Å². The van der Waals surface area contributed by atoms with E-state index in [1.165, 1.54) is 6.21 Å². The molecule has 0 bridgehead atoms. The lowest BCUT2D eigenvalue weighted by atomic mass is 10.2. The minimum atomic E-state index is -0.541. The van der Waals surface area contributed by atoms with Crippen LogP contribution >= 0.6 is 11.6 Å². The number of carbonyl (C=O) groups is 2. The zero-order valence-electron chi connectivity index (χ0n) is 18.0. The van der Waals surface area contributed by atoms with E-state index in [0.717, 1.165) is 24.8 Å². The van der Waals surface area contributed by atoms with Crippen LogP contribution in [0.2, 0.25) is 5.02 Å². The molecule has 0 aliphatic heterocycles. The number of nitrogens with zero attached hydrogens (tertiary/aromatic N) is 1. The molecule has 7 nitrogen and oxygen atoms in total. The molecule has 2 aromatic rings. The molecule has 2 N–H and O–H groups in total. The van der Waals surface area contributed by atoms with Gasteiger partial charge in [0.1, 0.15) is 6.42 Å². The highest BCUT2D eigenvalue weighted by Gasteiger charge is 2.11. The number of halogens is 1. The summed E-state index contributed by atoms with van der Waals surface area (Å²) in [5.74, 6) is 0.144. The van der Waals surface area contributed by atoms with Gasteiger partial charge in [-0.15, -0.1) is 0 Å². The number of amides is 2. The monoisotopic (exact) mass is 445 g/mol. The first-order valence-electron chi connectivity index (χ1n) is 10.1. The molecule has 0 atom stereocenters. The van der Waals surface area contributed by atoms with Crippen molar-refractivity contribution in [3.8, 4) is 11.5 Å². The maximum atomic E-state index is 12.1. The maximum absolute atomic E-state index is 12.1. The van der Waals surface area contributed by atoms with E-state index < -0.39 is 11.8 Å². The van der Waals surface area contributed by atoms with Crippen LogP contribution in [0, 0.1) is 6.92 Å². The first-order chi connectivity index (χ1) is 14.9. The fourth-order valence-electron chi connectivity index (χ4n) is 2.71. The van der Waals surface area contributed by atoms with Crippen molar-refractivity contribution in [1.82, 2.24) is 5.43 Å². The van der Waals surface area contributed by atoms with Crippen LogP contribution in [-0.2, 0) is 9.59 Å². The number of rotatable bonds is 11. The van der Waals surface area contributed by atoms with Crippen molar-refractivity contribution in [2.24, 2.45) is 5.10 Å². The van der Waals surface area contributed by atoms with Crippen LogP contribution in [0.25, 0.3) is 0 Å². The quantitative estimate of drug-likeness (QED) is 0.227. The number of nitrogens with one attached hydrogen (secondary N) is 2. The molecule has 2 aromatic carbocycles. The van der Waals surface area contributed by atoms with E-state index in [1.807, 2.05) is 6.92 Å². The summed E-state index contributed by atoms with van der Waals surface area (Å²) >= 11 is 6.04. The van der Waals surface area contributed by atoms with Crippen LogP contribution in [0.4, 0.5) is 5.69 Å². The Labute approximate surface area is 187 Å². The minimum Gasteiger partial charge on any atom is -0.493 e. The van der Waals surface area contributed by atoms with Gasteiger partial charge in [0.15, 0.2) is 11.5 Å². The van der Waals surface area contributed by atoms with Crippen LogP contribution in [0.15, 0.2) is 41.5 Å². The number of methoxy groups -OCH3 is 1. The Morgan fingerprint density at radius 2 is 1.97 bits per heavy atom. The van der Waals surface area contributed by atoms with Crippen molar-refractivity contribution < 1.29 is 19.1 Å². The number of para-hydroxylation sites is 1. The van der Waals surface area contributed by atoms with Gasteiger partial charge in [-0.1, -0.05) is 43.5 Å². The van der Waals surface area contributed by atoms with Gasteiger partial charge in [0.05, 0.1) is 19.9 Å². The summed E-state index contributed by atoms with van der Waals surface area (Å²) in [5.41, 5.74) is 4.45. The molecule has 0 saturated heterocycles. The van der Waals surface area contributed by atoms with E-state index in [4.69, 9.17) is 21.1 Å². The molecular formula is C23H28ClN3O4.